The van der Waals surface area contributed by atoms with Crippen LogP contribution in [0, 0.1) is 5.92 Å². The molecule has 14 heavy (non-hydrogen) atoms. The van der Waals surface area contributed by atoms with Crippen molar-refractivity contribution in [1.82, 2.24) is 0 Å². The largest absolute Gasteiger partial charge is 0.384 e. The van der Waals surface area contributed by atoms with Crippen LogP contribution in [-0.2, 0) is 0 Å². The van der Waals surface area contributed by atoms with Crippen LogP contribution in [0.15, 0.2) is 18.2 Å². The van der Waals surface area contributed by atoms with E-state index in [4.69, 9.17) is 23.2 Å². The van der Waals surface area contributed by atoms with Crippen LogP contribution in [0.1, 0.15) is 20.3 Å². The quantitative estimate of drug-likeness (QED) is 0.808. The minimum atomic E-state index is 0.598. The fraction of sp³-hybridized carbons (Fsp3) is 0.455. The molecule has 0 amide bonds. The van der Waals surface area contributed by atoms with Crippen molar-refractivity contribution in [3.63, 3.8) is 0 Å². The topological polar surface area (TPSA) is 12.0 Å². The number of rotatable bonds is 4. The predicted molar refractivity (Wildman–Crippen MR) is 64.4 cm³/mol. The lowest BCUT2D eigenvalue weighted by atomic mass is 10.1. The van der Waals surface area contributed by atoms with E-state index in [-0.39, 0.29) is 0 Å². The summed E-state index contributed by atoms with van der Waals surface area (Å²) in [6.07, 6.45) is 1.16. The lowest BCUT2D eigenvalue weighted by Crippen LogP contribution is -2.10. The van der Waals surface area contributed by atoms with Crippen LogP contribution in [0.4, 0.5) is 5.69 Å². The van der Waals surface area contributed by atoms with E-state index in [1.165, 1.54) is 0 Å². The fourth-order valence-electron chi connectivity index (χ4n) is 1.07. The average molecular weight is 232 g/mol. The third-order valence-corrected chi connectivity index (χ3v) is 3.11. The molecule has 0 radical (unpaired) electrons. The minimum Gasteiger partial charge on any atom is -0.384 e. The fourth-order valence-corrected chi connectivity index (χ4v) is 1.44. The SMILES string of the molecule is CCC(C)CNc1cccc(Cl)c1Cl. The van der Waals surface area contributed by atoms with Gasteiger partial charge >= 0.3 is 0 Å². The van der Waals surface area contributed by atoms with Crippen LogP contribution in [0.25, 0.3) is 0 Å². The maximum atomic E-state index is 6.03. The summed E-state index contributed by atoms with van der Waals surface area (Å²) in [7, 11) is 0. The highest BCUT2D eigenvalue weighted by molar-refractivity contribution is 6.43. The van der Waals surface area contributed by atoms with Crippen molar-refractivity contribution in [1.29, 1.82) is 0 Å². The van der Waals surface area contributed by atoms with Gasteiger partial charge < -0.3 is 5.32 Å². The Kier molecular flexibility index (Phi) is 4.56. The van der Waals surface area contributed by atoms with Crippen LogP contribution in [-0.4, -0.2) is 6.54 Å². The Balaban J connectivity index is 2.63. The highest BCUT2D eigenvalue weighted by Crippen LogP contribution is 2.29. The number of halogens is 2. The Labute approximate surface area is 95.4 Å². The van der Waals surface area contributed by atoms with Gasteiger partial charge in [0.25, 0.3) is 0 Å². The van der Waals surface area contributed by atoms with Crippen molar-refractivity contribution < 1.29 is 0 Å². The van der Waals surface area contributed by atoms with Gasteiger partial charge in [0.15, 0.2) is 0 Å². The summed E-state index contributed by atoms with van der Waals surface area (Å²) in [6.45, 7) is 5.30. The molecule has 1 atom stereocenters. The molecule has 0 aromatic heterocycles. The van der Waals surface area contributed by atoms with Crippen molar-refractivity contribution >= 4 is 28.9 Å². The number of nitrogens with one attached hydrogen (secondary N) is 1. The first-order chi connectivity index (χ1) is 6.65. The third kappa shape index (κ3) is 3.07. The van der Waals surface area contributed by atoms with E-state index >= 15 is 0 Å². The van der Waals surface area contributed by atoms with Gasteiger partial charge in [-0.2, -0.15) is 0 Å². The van der Waals surface area contributed by atoms with Crippen molar-refractivity contribution in [3.8, 4) is 0 Å². The van der Waals surface area contributed by atoms with Crippen LogP contribution in [0.5, 0.6) is 0 Å². The average Bonchev–Trinajstić information content (AvgIpc) is 2.20. The zero-order valence-electron chi connectivity index (χ0n) is 8.48. The van der Waals surface area contributed by atoms with Crippen molar-refractivity contribution in [2.45, 2.75) is 20.3 Å². The second-order valence-electron chi connectivity index (χ2n) is 3.50. The van der Waals surface area contributed by atoms with Crippen LogP contribution >= 0.6 is 23.2 Å². The van der Waals surface area contributed by atoms with Gasteiger partial charge in [-0.05, 0) is 18.1 Å². The summed E-state index contributed by atoms with van der Waals surface area (Å²) < 4.78 is 0. The molecule has 0 fully saturated rings. The van der Waals surface area contributed by atoms with Crippen molar-refractivity contribution in [2.24, 2.45) is 5.92 Å². The Morgan fingerprint density at radius 2 is 2.07 bits per heavy atom. The Hall–Kier alpha value is -0.400. The molecule has 0 aliphatic carbocycles. The first kappa shape index (κ1) is 11.7. The standard InChI is InChI=1S/C11H15Cl2N/c1-3-8(2)7-14-10-6-4-5-9(12)11(10)13/h4-6,8,14H,3,7H2,1-2H3. The monoisotopic (exact) mass is 231 g/mol. The van der Waals surface area contributed by atoms with Gasteiger partial charge in [-0.3, -0.25) is 0 Å². The molecule has 3 heteroatoms. The number of benzene rings is 1. The summed E-state index contributed by atoms with van der Waals surface area (Å²) in [5.74, 6) is 0.644. The zero-order chi connectivity index (χ0) is 10.6. The molecule has 1 rings (SSSR count). The number of hydrogen-bond acceptors (Lipinski definition) is 1. The molecule has 1 nitrogen and oxygen atoms in total. The molecule has 1 aromatic carbocycles. The molecule has 0 aliphatic heterocycles. The normalized spacial score (nSPS) is 12.6. The van der Waals surface area contributed by atoms with Gasteiger partial charge in [0.2, 0.25) is 0 Å². The van der Waals surface area contributed by atoms with E-state index in [0.717, 1.165) is 18.7 Å². The molecular weight excluding hydrogens is 217 g/mol. The van der Waals surface area contributed by atoms with Crippen LogP contribution in [0.2, 0.25) is 10.0 Å². The summed E-state index contributed by atoms with van der Waals surface area (Å²) >= 11 is 11.9. The van der Waals surface area contributed by atoms with Gasteiger partial charge in [-0.1, -0.05) is 49.5 Å². The molecule has 0 saturated carbocycles. The van der Waals surface area contributed by atoms with Gasteiger partial charge in [0, 0.05) is 6.54 Å². The van der Waals surface area contributed by atoms with Crippen molar-refractivity contribution in [2.75, 3.05) is 11.9 Å². The van der Waals surface area contributed by atoms with E-state index in [1.807, 2.05) is 12.1 Å². The molecule has 0 heterocycles. The number of hydrogen-bond donors (Lipinski definition) is 1. The Bertz CT molecular complexity index is 299. The lowest BCUT2D eigenvalue weighted by molar-refractivity contribution is 0.593. The second-order valence-corrected chi connectivity index (χ2v) is 4.28. The molecule has 0 aliphatic rings. The van der Waals surface area contributed by atoms with E-state index < -0.39 is 0 Å². The molecule has 0 spiro atoms. The first-order valence-electron chi connectivity index (χ1n) is 4.83. The van der Waals surface area contributed by atoms with Crippen molar-refractivity contribution in [3.05, 3.63) is 28.2 Å². The number of anilines is 1. The highest BCUT2D eigenvalue weighted by atomic mass is 35.5. The summed E-state index contributed by atoms with van der Waals surface area (Å²) in [4.78, 5) is 0. The molecular formula is C11H15Cl2N. The summed E-state index contributed by atoms with van der Waals surface area (Å²) in [5, 5.41) is 4.49. The maximum Gasteiger partial charge on any atom is 0.0823 e. The molecule has 0 saturated heterocycles. The Morgan fingerprint density at radius 1 is 1.36 bits per heavy atom. The van der Waals surface area contributed by atoms with Crippen LogP contribution < -0.4 is 5.32 Å². The van der Waals surface area contributed by atoms with E-state index in [0.29, 0.717) is 16.0 Å². The van der Waals surface area contributed by atoms with Gasteiger partial charge in [0.1, 0.15) is 0 Å². The predicted octanol–water partition coefficient (Wildman–Crippen LogP) is 4.45. The molecule has 1 N–H and O–H groups in total. The minimum absolute atomic E-state index is 0.598. The maximum absolute atomic E-state index is 6.03. The van der Waals surface area contributed by atoms with Crippen LogP contribution in [0.3, 0.4) is 0 Å². The summed E-state index contributed by atoms with van der Waals surface area (Å²) in [5.41, 5.74) is 0.916. The molecule has 1 aromatic rings. The molecule has 0 bridgehead atoms. The highest BCUT2D eigenvalue weighted by Gasteiger charge is 2.04. The van der Waals surface area contributed by atoms with Gasteiger partial charge in [-0.15, -0.1) is 0 Å². The first-order valence-corrected chi connectivity index (χ1v) is 5.58. The van der Waals surface area contributed by atoms with E-state index in [2.05, 4.69) is 19.2 Å². The van der Waals surface area contributed by atoms with E-state index in [9.17, 15) is 0 Å². The molecule has 1 unspecified atom stereocenters. The van der Waals surface area contributed by atoms with Gasteiger partial charge in [0.05, 0.1) is 15.7 Å². The Morgan fingerprint density at radius 3 is 2.71 bits per heavy atom. The smallest absolute Gasteiger partial charge is 0.0823 e. The van der Waals surface area contributed by atoms with Gasteiger partial charge in [-0.25, -0.2) is 0 Å². The lowest BCUT2D eigenvalue weighted by Gasteiger charge is -2.12. The van der Waals surface area contributed by atoms with E-state index in [1.54, 1.807) is 6.07 Å². The summed E-state index contributed by atoms with van der Waals surface area (Å²) in [6, 6.07) is 5.63. The second kappa shape index (κ2) is 5.47. The zero-order valence-corrected chi connectivity index (χ0v) is 9.99. The molecule has 78 valence electrons. The third-order valence-electron chi connectivity index (χ3n) is 2.29.